The van der Waals surface area contributed by atoms with E-state index in [1.165, 1.54) is 19.9 Å². The lowest BCUT2D eigenvalue weighted by Crippen LogP contribution is -2.36. The molecule has 0 bridgehead atoms. The highest BCUT2D eigenvalue weighted by Gasteiger charge is 2.23. The van der Waals surface area contributed by atoms with Gasteiger partial charge in [0.25, 0.3) is 5.69 Å². The van der Waals surface area contributed by atoms with Crippen LogP contribution in [-0.4, -0.2) is 42.2 Å². The Morgan fingerprint density at radius 3 is 2.48 bits per heavy atom. The molecule has 1 aromatic carbocycles. The summed E-state index contributed by atoms with van der Waals surface area (Å²) in [6.45, 7) is 2.28. The number of benzene rings is 1. The molecule has 1 aromatic rings. The van der Waals surface area contributed by atoms with Gasteiger partial charge in [0, 0.05) is 18.2 Å². The van der Waals surface area contributed by atoms with Crippen LogP contribution in [0.25, 0.3) is 0 Å². The van der Waals surface area contributed by atoms with Gasteiger partial charge in [0.05, 0.1) is 9.82 Å². The van der Waals surface area contributed by atoms with Gasteiger partial charge in [-0.1, -0.05) is 0 Å². The van der Waals surface area contributed by atoms with Gasteiger partial charge in [0.15, 0.2) is 6.10 Å². The molecule has 0 amide bonds. The number of hydrogen-bond donors (Lipinski definition) is 3. The number of nitrogens with zero attached hydrogens (tertiary/aromatic N) is 1. The highest BCUT2D eigenvalue weighted by atomic mass is 32.2. The molecule has 9 nitrogen and oxygen atoms in total. The van der Waals surface area contributed by atoms with Crippen molar-refractivity contribution >= 4 is 21.7 Å². The van der Waals surface area contributed by atoms with Crippen LogP contribution in [0.3, 0.4) is 0 Å². The first kappa shape index (κ1) is 17.0. The maximum absolute atomic E-state index is 12.0. The Morgan fingerprint density at radius 2 is 2.00 bits per heavy atom. The van der Waals surface area contributed by atoms with E-state index in [1.54, 1.807) is 0 Å². The molecule has 0 radical (unpaired) electrons. The van der Waals surface area contributed by atoms with Crippen molar-refractivity contribution in [1.82, 2.24) is 4.72 Å². The van der Waals surface area contributed by atoms with E-state index in [9.17, 15) is 23.3 Å². The number of aryl methyl sites for hydroxylation is 1. The summed E-state index contributed by atoms with van der Waals surface area (Å²) in [6, 6.07) is 2.12. The molecule has 0 saturated heterocycles. The standard InChI is InChI=1S/C11H14N2O7S/c1-6-3-8(4-9(7(6)2)13(17)18)21(19,20)12-5-10(14)11(15)16/h3-4,10,12,14H,5H2,1-2H3,(H,15,16). The first-order valence-electron chi connectivity index (χ1n) is 5.72. The second-order valence-electron chi connectivity index (χ2n) is 4.35. The average Bonchev–Trinajstić information content (AvgIpc) is 2.38. The maximum Gasteiger partial charge on any atom is 0.333 e. The zero-order valence-corrected chi connectivity index (χ0v) is 12.0. The molecular formula is C11H14N2O7S. The fourth-order valence-corrected chi connectivity index (χ4v) is 2.66. The summed E-state index contributed by atoms with van der Waals surface area (Å²) in [5.74, 6) is -1.58. The third-order valence-corrected chi connectivity index (χ3v) is 4.28. The first-order valence-corrected chi connectivity index (χ1v) is 7.20. The van der Waals surface area contributed by atoms with Gasteiger partial charge in [-0.15, -0.1) is 0 Å². The molecule has 0 fully saturated rings. The molecule has 0 aliphatic heterocycles. The monoisotopic (exact) mass is 318 g/mol. The lowest BCUT2D eigenvalue weighted by Gasteiger charge is -2.10. The smallest absolute Gasteiger partial charge is 0.333 e. The quantitative estimate of drug-likeness (QED) is 0.491. The van der Waals surface area contributed by atoms with Crippen molar-refractivity contribution in [2.24, 2.45) is 0 Å². The molecule has 0 aromatic heterocycles. The first-order chi connectivity index (χ1) is 9.56. The highest BCUT2D eigenvalue weighted by Crippen LogP contribution is 2.25. The van der Waals surface area contributed by atoms with E-state index in [2.05, 4.69) is 0 Å². The van der Waals surface area contributed by atoms with E-state index in [1.807, 2.05) is 4.72 Å². The number of aliphatic hydroxyl groups is 1. The number of nitro benzene ring substituents is 1. The molecule has 3 N–H and O–H groups in total. The number of sulfonamides is 1. The van der Waals surface area contributed by atoms with Gasteiger partial charge in [0.1, 0.15) is 0 Å². The van der Waals surface area contributed by atoms with Crippen LogP contribution >= 0.6 is 0 Å². The Morgan fingerprint density at radius 1 is 1.43 bits per heavy atom. The number of carbonyl (C=O) groups is 1. The minimum atomic E-state index is -4.16. The van der Waals surface area contributed by atoms with Crippen molar-refractivity contribution in [2.75, 3.05) is 6.54 Å². The molecule has 1 atom stereocenters. The number of carboxylic acids is 1. The molecule has 1 unspecified atom stereocenters. The third kappa shape index (κ3) is 3.97. The summed E-state index contributed by atoms with van der Waals surface area (Å²) in [5.41, 5.74) is 0.391. The van der Waals surface area contributed by atoms with E-state index >= 15 is 0 Å². The van der Waals surface area contributed by atoms with Crippen molar-refractivity contribution in [3.05, 3.63) is 33.4 Å². The van der Waals surface area contributed by atoms with E-state index in [4.69, 9.17) is 10.2 Å². The summed E-state index contributed by atoms with van der Waals surface area (Å²) < 4.78 is 25.8. The Kier molecular flexibility index (Phi) is 4.99. The molecule has 21 heavy (non-hydrogen) atoms. The van der Waals surface area contributed by atoms with Crippen LogP contribution in [0.1, 0.15) is 11.1 Å². The number of nitro groups is 1. The number of aliphatic carboxylic acids is 1. The summed E-state index contributed by atoms with van der Waals surface area (Å²) in [7, 11) is -4.16. The maximum atomic E-state index is 12.0. The van der Waals surface area contributed by atoms with Crippen LogP contribution in [0.5, 0.6) is 0 Å². The molecule has 0 spiro atoms. The van der Waals surface area contributed by atoms with E-state index in [-0.39, 0.29) is 10.6 Å². The van der Waals surface area contributed by atoms with Crippen LogP contribution in [-0.2, 0) is 14.8 Å². The minimum Gasteiger partial charge on any atom is -0.479 e. The van der Waals surface area contributed by atoms with Crippen molar-refractivity contribution < 1.29 is 28.3 Å². The minimum absolute atomic E-state index is 0.338. The summed E-state index contributed by atoms with van der Waals surface area (Å²) >= 11 is 0. The Balaban J connectivity index is 3.15. The normalized spacial score (nSPS) is 12.9. The van der Waals surface area contributed by atoms with E-state index in [0.717, 1.165) is 6.07 Å². The molecular weight excluding hydrogens is 304 g/mol. The van der Waals surface area contributed by atoms with Gasteiger partial charge >= 0.3 is 5.97 Å². The number of nitrogens with one attached hydrogen (secondary N) is 1. The van der Waals surface area contributed by atoms with E-state index < -0.39 is 33.6 Å². The predicted octanol–water partition coefficient (Wildman–Crippen LogP) is -0.0646. The Bertz CT molecular complexity index is 684. The van der Waals surface area contributed by atoms with Crippen LogP contribution < -0.4 is 4.72 Å². The van der Waals surface area contributed by atoms with Gasteiger partial charge in [0.2, 0.25) is 10.0 Å². The summed E-state index contributed by atoms with van der Waals surface area (Å²) in [4.78, 5) is 20.2. The predicted molar refractivity (Wildman–Crippen MR) is 71.4 cm³/mol. The van der Waals surface area contributed by atoms with Crippen molar-refractivity contribution in [3.63, 3.8) is 0 Å². The fraction of sp³-hybridized carbons (Fsp3) is 0.364. The van der Waals surface area contributed by atoms with Crippen molar-refractivity contribution in [3.8, 4) is 0 Å². The summed E-state index contributed by atoms with van der Waals surface area (Å²) in [5, 5.41) is 28.4. The lowest BCUT2D eigenvalue weighted by molar-refractivity contribution is -0.385. The molecule has 10 heteroatoms. The van der Waals surface area contributed by atoms with Crippen molar-refractivity contribution in [1.29, 1.82) is 0 Å². The zero-order valence-electron chi connectivity index (χ0n) is 11.2. The van der Waals surface area contributed by atoms with Crippen molar-refractivity contribution in [2.45, 2.75) is 24.8 Å². The van der Waals surface area contributed by atoms with Gasteiger partial charge < -0.3 is 10.2 Å². The third-order valence-electron chi connectivity index (χ3n) is 2.87. The molecule has 0 aliphatic rings. The summed E-state index contributed by atoms with van der Waals surface area (Å²) in [6.07, 6.45) is -1.90. The average molecular weight is 318 g/mol. The second-order valence-corrected chi connectivity index (χ2v) is 6.11. The van der Waals surface area contributed by atoms with Crippen LogP contribution in [0.2, 0.25) is 0 Å². The second kappa shape index (κ2) is 6.16. The molecule has 1 rings (SSSR count). The van der Waals surface area contributed by atoms with Gasteiger partial charge in [-0.25, -0.2) is 17.9 Å². The Labute approximate surface area is 120 Å². The number of hydrogen-bond acceptors (Lipinski definition) is 6. The zero-order chi connectivity index (χ0) is 16.4. The topological polar surface area (TPSA) is 147 Å². The molecule has 0 aliphatic carbocycles. The molecule has 0 heterocycles. The fourth-order valence-electron chi connectivity index (χ4n) is 1.51. The highest BCUT2D eigenvalue weighted by molar-refractivity contribution is 7.89. The molecule has 0 saturated carbocycles. The Hall–Kier alpha value is -2.04. The number of carboxylic acid groups (broad SMARTS) is 1. The lowest BCUT2D eigenvalue weighted by atomic mass is 10.1. The van der Waals surface area contributed by atoms with E-state index in [0.29, 0.717) is 11.1 Å². The largest absolute Gasteiger partial charge is 0.479 e. The number of rotatable bonds is 6. The number of aliphatic hydroxyl groups excluding tert-OH is 1. The van der Waals surface area contributed by atoms with Gasteiger partial charge in [-0.2, -0.15) is 0 Å². The van der Waals surface area contributed by atoms with Crippen LogP contribution in [0.15, 0.2) is 17.0 Å². The SMILES string of the molecule is Cc1cc(S(=O)(=O)NCC(O)C(=O)O)cc([N+](=O)[O-])c1C. The van der Waals surface area contributed by atoms with Crippen LogP contribution in [0.4, 0.5) is 5.69 Å². The van der Waals surface area contributed by atoms with Gasteiger partial charge in [-0.05, 0) is 25.5 Å². The van der Waals surface area contributed by atoms with Crippen LogP contribution in [0, 0.1) is 24.0 Å². The van der Waals surface area contributed by atoms with Gasteiger partial charge in [-0.3, -0.25) is 10.1 Å². The molecule has 116 valence electrons.